The van der Waals surface area contributed by atoms with Gasteiger partial charge in [0.15, 0.2) is 11.9 Å². The van der Waals surface area contributed by atoms with Crippen LogP contribution in [0.4, 0.5) is 5.82 Å². The minimum atomic E-state index is -0.857. The first-order chi connectivity index (χ1) is 17.9. The summed E-state index contributed by atoms with van der Waals surface area (Å²) in [6, 6.07) is 26.0. The molecule has 1 N–H and O–H groups in total. The number of para-hydroxylation sites is 1. The molecule has 4 rings (SSSR count). The molecule has 1 aromatic heterocycles. The molecule has 0 radical (unpaired) electrons. The zero-order valence-electron chi connectivity index (χ0n) is 21.0. The number of methoxy groups -OCH3 is 1. The standard InChI is InChI=1S/C29H29ClN4O3/c1-20(2)33(29(36)27(37-3)22-14-16-23(30)17-15-22)19-26(35)31-28-25(21-10-6-4-7-11-21)18-34(32-28)24-12-8-5-9-13-24/h4-18,20,27H,19H2,1-3H3,(H,31,32,35). The molecule has 8 heteroatoms. The Morgan fingerprint density at radius 2 is 1.59 bits per heavy atom. The van der Waals surface area contributed by atoms with Crippen molar-refractivity contribution in [2.75, 3.05) is 19.0 Å². The quantitative estimate of drug-likeness (QED) is 0.307. The number of carbonyl (C=O) groups is 2. The van der Waals surface area contributed by atoms with Crippen molar-refractivity contribution in [1.82, 2.24) is 14.7 Å². The Hall–Kier alpha value is -3.94. The minimum absolute atomic E-state index is 0.156. The highest BCUT2D eigenvalue weighted by molar-refractivity contribution is 6.30. The number of aromatic nitrogens is 2. The second kappa shape index (κ2) is 11.9. The van der Waals surface area contributed by atoms with Crippen LogP contribution in [0, 0.1) is 0 Å². The maximum atomic E-state index is 13.4. The number of carbonyl (C=O) groups excluding carboxylic acids is 2. The van der Waals surface area contributed by atoms with Gasteiger partial charge in [0.2, 0.25) is 5.91 Å². The molecular formula is C29H29ClN4O3. The van der Waals surface area contributed by atoms with Crippen molar-refractivity contribution < 1.29 is 14.3 Å². The van der Waals surface area contributed by atoms with Gasteiger partial charge in [0.25, 0.3) is 5.91 Å². The van der Waals surface area contributed by atoms with Crippen LogP contribution in [-0.2, 0) is 14.3 Å². The second-order valence-corrected chi connectivity index (χ2v) is 9.25. The number of hydrogen-bond acceptors (Lipinski definition) is 4. The SMILES string of the molecule is COC(C(=O)N(CC(=O)Nc1nn(-c2ccccc2)cc1-c1ccccc1)C(C)C)c1ccc(Cl)cc1. The molecule has 0 saturated heterocycles. The third-order valence-electron chi connectivity index (χ3n) is 5.93. The molecule has 1 heterocycles. The lowest BCUT2D eigenvalue weighted by molar-refractivity contribution is -0.146. The number of nitrogens with zero attached hydrogens (tertiary/aromatic N) is 3. The van der Waals surface area contributed by atoms with Gasteiger partial charge >= 0.3 is 0 Å². The molecule has 0 spiro atoms. The fourth-order valence-electron chi connectivity index (χ4n) is 4.02. The maximum absolute atomic E-state index is 13.4. The Morgan fingerprint density at radius 3 is 2.19 bits per heavy atom. The Balaban J connectivity index is 1.58. The molecule has 190 valence electrons. The fraction of sp³-hybridized carbons (Fsp3) is 0.207. The van der Waals surface area contributed by atoms with E-state index in [0.29, 0.717) is 16.4 Å². The summed E-state index contributed by atoms with van der Waals surface area (Å²) < 4.78 is 7.24. The number of nitrogens with one attached hydrogen (secondary N) is 1. The topological polar surface area (TPSA) is 76.5 Å². The monoisotopic (exact) mass is 516 g/mol. The summed E-state index contributed by atoms with van der Waals surface area (Å²) >= 11 is 6.00. The van der Waals surface area contributed by atoms with Gasteiger partial charge in [-0.05, 0) is 49.2 Å². The molecule has 4 aromatic rings. The Kier molecular flexibility index (Phi) is 8.38. The molecule has 1 atom stereocenters. The summed E-state index contributed by atoms with van der Waals surface area (Å²) in [5.41, 5.74) is 3.22. The van der Waals surface area contributed by atoms with E-state index < -0.39 is 6.10 Å². The zero-order valence-corrected chi connectivity index (χ0v) is 21.7. The third-order valence-corrected chi connectivity index (χ3v) is 6.18. The normalized spacial score (nSPS) is 11.8. The molecular weight excluding hydrogens is 488 g/mol. The lowest BCUT2D eigenvalue weighted by Gasteiger charge is -2.29. The van der Waals surface area contributed by atoms with Gasteiger partial charge in [0, 0.05) is 29.9 Å². The number of halogens is 1. The van der Waals surface area contributed by atoms with E-state index in [1.165, 1.54) is 12.0 Å². The first kappa shape index (κ1) is 26.1. The van der Waals surface area contributed by atoms with Crippen LogP contribution >= 0.6 is 11.6 Å². The van der Waals surface area contributed by atoms with Crippen molar-refractivity contribution in [3.63, 3.8) is 0 Å². The minimum Gasteiger partial charge on any atom is -0.367 e. The molecule has 1 unspecified atom stereocenters. The van der Waals surface area contributed by atoms with E-state index >= 15 is 0 Å². The van der Waals surface area contributed by atoms with Crippen LogP contribution in [0.2, 0.25) is 5.02 Å². The average molecular weight is 517 g/mol. The fourth-order valence-corrected chi connectivity index (χ4v) is 4.14. The number of amides is 2. The predicted molar refractivity (Wildman–Crippen MR) is 146 cm³/mol. The highest BCUT2D eigenvalue weighted by Gasteiger charge is 2.29. The summed E-state index contributed by atoms with van der Waals surface area (Å²) in [6.45, 7) is 3.56. The number of benzene rings is 3. The van der Waals surface area contributed by atoms with E-state index in [-0.39, 0.29) is 24.4 Å². The van der Waals surface area contributed by atoms with Crippen LogP contribution in [0.25, 0.3) is 16.8 Å². The van der Waals surface area contributed by atoms with Gasteiger partial charge < -0.3 is 15.0 Å². The van der Waals surface area contributed by atoms with Crippen LogP contribution in [-0.4, -0.2) is 46.2 Å². The molecule has 0 aliphatic rings. The molecule has 0 fully saturated rings. The first-order valence-electron chi connectivity index (χ1n) is 12.0. The summed E-state index contributed by atoms with van der Waals surface area (Å²) in [7, 11) is 1.47. The van der Waals surface area contributed by atoms with Gasteiger partial charge in [0.1, 0.15) is 6.54 Å². The Morgan fingerprint density at radius 1 is 0.973 bits per heavy atom. The van der Waals surface area contributed by atoms with Crippen LogP contribution < -0.4 is 5.32 Å². The van der Waals surface area contributed by atoms with E-state index in [9.17, 15) is 9.59 Å². The Labute approximate surface area is 221 Å². The molecule has 0 saturated carbocycles. The zero-order chi connectivity index (χ0) is 26.4. The van der Waals surface area contributed by atoms with E-state index in [1.54, 1.807) is 28.9 Å². The van der Waals surface area contributed by atoms with Crippen LogP contribution in [0.3, 0.4) is 0 Å². The summed E-state index contributed by atoms with van der Waals surface area (Å²) in [4.78, 5) is 28.2. The summed E-state index contributed by atoms with van der Waals surface area (Å²) in [5, 5.41) is 8.13. The number of anilines is 1. The van der Waals surface area contributed by atoms with E-state index in [1.807, 2.05) is 80.7 Å². The van der Waals surface area contributed by atoms with Gasteiger partial charge in [0.05, 0.1) is 5.69 Å². The van der Waals surface area contributed by atoms with Gasteiger partial charge in [-0.15, -0.1) is 5.10 Å². The molecule has 0 aliphatic carbocycles. The highest BCUT2D eigenvalue weighted by Crippen LogP contribution is 2.28. The van der Waals surface area contributed by atoms with E-state index in [4.69, 9.17) is 16.3 Å². The number of hydrogen-bond donors (Lipinski definition) is 1. The Bertz CT molecular complexity index is 1340. The van der Waals surface area contributed by atoms with Crippen molar-refractivity contribution >= 4 is 29.2 Å². The number of ether oxygens (including phenoxy) is 1. The molecule has 0 aliphatic heterocycles. The van der Waals surface area contributed by atoms with Gasteiger partial charge in [-0.2, -0.15) is 0 Å². The van der Waals surface area contributed by atoms with Crippen LogP contribution in [0.15, 0.2) is 91.1 Å². The lowest BCUT2D eigenvalue weighted by atomic mass is 10.1. The second-order valence-electron chi connectivity index (χ2n) is 8.81. The van der Waals surface area contributed by atoms with Crippen molar-refractivity contribution in [3.05, 3.63) is 102 Å². The van der Waals surface area contributed by atoms with Crippen molar-refractivity contribution in [1.29, 1.82) is 0 Å². The van der Waals surface area contributed by atoms with Gasteiger partial charge in [-0.3, -0.25) is 9.59 Å². The van der Waals surface area contributed by atoms with E-state index in [2.05, 4.69) is 10.4 Å². The largest absolute Gasteiger partial charge is 0.367 e. The molecule has 3 aromatic carbocycles. The van der Waals surface area contributed by atoms with Crippen LogP contribution in [0.1, 0.15) is 25.5 Å². The predicted octanol–water partition coefficient (Wildman–Crippen LogP) is 5.76. The van der Waals surface area contributed by atoms with Gasteiger partial charge in [-0.25, -0.2) is 4.68 Å². The highest BCUT2D eigenvalue weighted by atomic mass is 35.5. The van der Waals surface area contributed by atoms with Crippen molar-refractivity contribution in [3.8, 4) is 16.8 Å². The van der Waals surface area contributed by atoms with Gasteiger partial charge in [-0.1, -0.05) is 72.3 Å². The average Bonchev–Trinajstić information content (AvgIpc) is 3.33. The third kappa shape index (κ3) is 6.25. The molecule has 7 nitrogen and oxygen atoms in total. The summed E-state index contributed by atoms with van der Waals surface area (Å²) in [6.07, 6.45) is 1.03. The van der Waals surface area contributed by atoms with Crippen molar-refractivity contribution in [2.24, 2.45) is 0 Å². The maximum Gasteiger partial charge on any atom is 0.257 e. The molecule has 0 bridgehead atoms. The molecule has 37 heavy (non-hydrogen) atoms. The van der Waals surface area contributed by atoms with Crippen LogP contribution in [0.5, 0.6) is 0 Å². The molecule has 2 amide bonds. The lowest BCUT2D eigenvalue weighted by Crippen LogP contribution is -2.45. The van der Waals surface area contributed by atoms with E-state index in [0.717, 1.165) is 16.8 Å². The number of rotatable bonds is 9. The first-order valence-corrected chi connectivity index (χ1v) is 12.3. The van der Waals surface area contributed by atoms with Crippen molar-refractivity contribution in [2.45, 2.75) is 26.0 Å². The smallest absolute Gasteiger partial charge is 0.257 e. The summed E-state index contributed by atoms with van der Waals surface area (Å²) in [5.74, 6) is -0.256.